The van der Waals surface area contributed by atoms with Crippen LogP contribution in [0.5, 0.6) is 5.75 Å². The molecule has 0 aliphatic heterocycles. The van der Waals surface area contributed by atoms with Crippen LogP contribution in [0.25, 0.3) is 12.2 Å². The van der Waals surface area contributed by atoms with E-state index in [-0.39, 0.29) is 5.75 Å². The fourth-order valence-corrected chi connectivity index (χ4v) is 1.28. The van der Waals surface area contributed by atoms with Gasteiger partial charge in [0.15, 0.2) is 0 Å². The average molecular weight is 353 g/mol. The maximum absolute atomic E-state index is 9.52. The molecule has 2 nitrogen and oxygen atoms in total. The van der Waals surface area contributed by atoms with Gasteiger partial charge in [-0.15, -0.1) is 0 Å². The normalized spacial score (nSPS) is 9.89. The molecule has 0 fully saturated rings. The zero-order chi connectivity index (χ0) is 13.2. The van der Waals surface area contributed by atoms with Crippen LogP contribution in [0, 0.1) is 0 Å². The topological polar surface area (TPSA) is 33.1 Å². The van der Waals surface area contributed by atoms with Crippen LogP contribution in [-0.4, -0.2) is 14.5 Å². The van der Waals surface area contributed by atoms with Gasteiger partial charge >= 0.3 is 0 Å². The molecule has 0 spiro atoms. The fraction of sp³-hybridized carbons (Fsp3) is 0.133. The first-order valence-electron chi connectivity index (χ1n) is 5.71. The Morgan fingerprint density at radius 3 is 2.39 bits per heavy atom. The molecular weight excluding hydrogens is 337 g/mol. The van der Waals surface area contributed by atoms with Gasteiger partial charge in [-0.05, 0) is 34.8 Å². The van der Waals surface area contributed by atoms with Gasteiger partial charge in [0, 0.05) is 11.8 Å². The van der Waals surface area contributed by atoms with E-state index in [1.54, 1.807) is 18.3 Å². The van der Waals surface area contributed by atoms with Crippen LogP contribution >= 0.6 is 22.6 Å². The summed E-state index contributed by atoms with van der Waals surface area (Å²) < 4.78 is 1.22. The molecule has 2 aromatic rings. The van der Waals surface area contributed by atoms with Gasteiger partial charge in [0.1, 0.15) is 5.75 Å². The number of nitrogens with zero attached hydrogens (tertiary/aromatic N) is 1. The van der Waals surface area contributed by atoms with Crippen LogP contribution < -0.4 is 0 Å². The van der Waals surface area contributed by atoms with Gasteiger partial charge in [0.05, 0.1) is 5.69 Å². The molecule has 1 heterocycles. The number of aromatic hydroxyl groups is 1. The molecule has 0 saturated heterocycles. The Bertz CT molecular complexity index is 483. The third-order valence-corrected chi connectivity index (χ3v) is 2.06. The highest BCUT2D eigenvalue weighted by molar-refractivity contribution is 14.1. The molecular formula is C15H16INO. The lowest BCUT2D eigenvalue weighted by Gasteiger charge is -1.96. The highest BCUT2D eigenvalue weighted by Gasteiger charge is 1.93. The van der Waals surface area contributed by atoms with Crippen LogP contribution in [0.2, 0.25) is 0 Å². The third kappa shape index (κ3) is 5.31. The minimum absolute atomic E-state index is 0.282. The number of phenolic OH excluding ortho intramolecular Hbond substituents is 1. The van der Waals surface area contributed by atoms with Crippen molar-refractivity contribution in [2.24, 2.45) is 0 Å². The predicted molar refractivity (Wildman–Crippen MR) is 85.8 cm³/mol. The van der Waals surface area contributed by atoms with Gasteiger partial charge in [-0.25, -0.2) is 0 Å². The number of hydrogen-bond acceptors (Lipinski definition) is 2. The number of hydrogen-bond donors (Lipinski definition) is 1. The maximum Gasteiger partial charge on any atom is 0.122 e. The van der Waals surface area contributed by atoms with E-state index in [2.05, 4.69) is 34.5 Å². The first-order chi connectivity index (χ1) is 8.77. The van der Waals surface area contributed by atoms with Gasteiger partial charge in [-0.1, -0.05) is 53.8 Å². The van der Waals surface area contributed by atoms with Crippen molar-refractivity contribution in [1.29, 1.82) is 0 Å². The molecule has 3 heteroatoms. The summed E-state index contributed by atoms with van der Waals surface area (Å²) in [5, 5.41) is 9.52. The Kier molecular flexibility index (Phi) is 7.10. The van der Waals surface area contributed by atoms with Crippen LogP contribution in [0.4, 0.5) is 0 Å². The SMILES string of the molecule is CCI.Oc1ccccc1C=Cc1ccccn1. The molecule has 1 aromatic carbocycles. The summed E-state index contributed by atoms with van der Waals surface area (Å²) in [5.41, 5.74) is 1.67. The Balaban J connectivity index is 0.000000492. The van der Waals surface area contributed by atoms with Gasteiger partial charge < -0.3 is 5.11 Å². The van der Waals surface area contributed by atoms with E-state index in [1.165, 1.54) is 4.43 Å². The molecule has 0 unspecified atom stereocenters. The summed E-state index contributed by atoms with van der Waals surface area (Å²) >= 11 is 2.29. The zero-order valence-corrected chi connectivity index (χ0v) is 12.4. The largest absolute Gasteiger partial charge is 0.507 e. The number of para-hydroxylation sites is 1. The highest BCUT2D eigenvalue weighted by atomic mass is 127. The van der Waals surface area contributed by atoms with Crippen molar-refractivity contribution in [1.82, 2.24) is 4.98 Å². The molecule has 0 aliphatic carbocycles. The molecule has 0 radical (unpaired) electrons. The number of aromatic nitrogens is 1. The van der Waals surface area contributed by atoms with Gasteiger partial charge in [-0.3, -0.25) is 4.98 Å². The van der Waals surface area contributed by atoms with E-state index >= 15 is 0 Å². The quantitative estimate of drug-likeness (QED) is 0.641. The molecule has 0 aliphatic rings. The maximum atomic E-state index is 9.52. The van der Waals surface area contributed by atoms with Crippen LogP contribution in [0.3, 0.4) is 0 Å². The number of alkyl halides is 1. The smallest absolute Gasteiger partial charge is 0.122 e. The van der Waals surface area contributed by atoms with Gasteiger partial charge in [0.2, 0.25) is 0 Å². The lowest BCUT2D eigenvalue weighted by molar-refractivity contribution is 0.474. The minimum Gasteiger partial charge on any atom is -0.507 e. The summed E-state index contributed by atoms with van der Waals surface area (Å²) in [5.74, 6) is 0.282. The molecule has 1 aromatic heterocycles. The number of rotatable bonds is 2. The summed E-state index contributed by atoms with van der Waals surface area (Å²) in [4.78, 5) is 4.16. The molecule has 94 valence electrons. The van der Waals surface area contributed by atoms with Crippen molar-refractivity contribution in [2.75, 3.05) is 4.43 Å². The molecule has 1 N–H and O–H groups in total. The van der Waals surface area contributed by atoms with E-state index in [9.17, 15) is 5.11 Å². The van der Waals surface area contributed by atoms with Crippen LogP contribution in [0.15, 0.2) is 48.7 Å². The van der Waals surface area contributed by atoms with Crippen LogP contribution in [-0.2, 0) is 0 Å². The second-order valence-corrected chi connectivity index (χ2v) is 4.94. The Morgan fingerprint density at radius 2 is 1.78 bits per heavy atom. The molecule has 2 rings (SSSR count). The predicted octanol–water partition coefficient (Wildman–Crippen LogP) is 4.40. The molecule has 18 heavy (non-hydrogen) atoms. The zero-order valence-electron chi connectivity index (χ0n) is 10.3. The molecule has 0 amide bonds. The van der Waals surface area contributed by atoms with E-state index in [0.717, 1.165) is 11.3 Å². The van der Waals surface area contributed by atoms with E-state index in [0.29, 0.717) is 0 Å². The second kappa shape index (κ2) is 8.69. The number of benzene rings is 1. The van der Waals surface area contributed by atoms with Crippen molar-refractivity contribution >= 4 is 34.7 Å². The monoisotopic (exact) mass is 353 g/mol. The van der Waals surface area contributed by atoms with E-state index in [4.69, 9.17) is 0 Å². The lowest BCUT2D eigenvalue weighted by Crippen LogP contribution is -1.77. The number of phenols is 1. The van der Waals surface area contributed by atoms with Crippen LogP contribution in [0.1, 0.15) is 18.2 Å². The number of halogens is 1. The highest BCUT2D eigenvalue weighted by Crippen LogP contribution is 2.17. The third-order valence-electron chi connectivity index (χ3n) is 2.06. The Hall–Kier alpha value is -1.36. The minimum atomic E-state index is 0.282. The molecule has 0 atom stereocenters. The Morgan fingerprint density at radius 1 is 1.11 bits per heavy atom. The molecule has 0 saturated carbocycles. The summed E-state index contributed by atoms with van der Waals surface area (Å²) in [7, 11) is 0. The lowest BCUT2D eigenvalue weighted by atomic mass is 10.2. The van der Waals surface area contributed by atoms with Gasteiger partial charge in [-0.2, -0.15) is 0 Å². The first kappa shape index (κ1) is 14.7. The van der Waals surface area contributed by atoms with E-state index in [1.807, 2.05) is 42.5 Å². The van der Waals surface area contributed by atoms with Crippen molar-refractivity contribution < 1.29 is 5.11 Å². The van der Waals surface area contributed by atoms with Gasteiger partial charge in [0.25, 0.3) is 0 Å². The van der Waals surface area contributed by atoms with E-state index < -0.39 is 0 Å². The standard InChI is InChI=1S/C13H11NO.C2H5I/c15-13-7-2-1-5-11(13)8-9-12-6-3-4-10-14-12;1-2-3/h1-10,15H;2H2,1H3. The first-order valence-corrected chi connectivity index (χ1v) is 7.23. The summed E-state index contributed by atoms with van der Waals surface area (Å²) in [6.45, 7) is 2.11. The Labute approximate surface area is 122 Å². The van der Waals surface area contributed by atoms with Crippen molar-refractivity contribution in [3.05, 3.63) is 59.9 Å². The molecule has 0 bridgehead atoms. The number of pyridine rings is 1. The summed E-state index contributed by atoms with van der Waals surface area (Å²) in [6, 6.07) is 12.9. The average Bonchev–Trinajstić information content (AvgIpc) is 2.40. The fourth-order valence-electron chi connectivity index (χ4n) is 1.28. The second-order valence-electron chi connectivity index (χ2n) is 3.41. The van der Waals surface area contributed by atoms with Crippen molar-refractivity contribution in [2.45, 2.75) is 6.92 Å². The van der Waals surface area contributed by atoms with Crippen molar-refractivity contribution in [3.8, 4) is 5.75 Å². The van der Waals surface area contributed by atoms with Crippen molar-refractivity contribution in [3.63, 3.8) is 0 Å². The summed E-state index contributed by atoms with van der Waals surface area (Å²) in [6.07, 6.45) is 5.46.